The molecule has 100 valence electrons. The number of aliphatic hydroxyl groups is 1. The predicted molar refractivity (Wildman–Crippen MR) is 75.4 cm³/mol. The van der Waals surface area contributed by atoms with Crippen LogP contribution in [-0.2, 0) is 0 Å². The first-order chi connectivity index (χ1) is 8.65. The zero-order chi connectivity index (χ0) is 13.0. The zero-order valence-electron chi connectivity index (χ0n) is 11.5. The number of hydrogen-bond donors (Lipinski definition) is 2. The van der Waals surface area contributed by atoms with Crippen LogP contribution < -0.4 is 5.32 Å². The van der Waals surface area contributed by atoms with Gasteiger partial charge in [-0.15, -0.1) is 0 Å². The molecule has 18 heavy (non-hydrogen) atoms. The van der Waals surface area contributed by atoms with Gasteiger partial charge in [0.05, 0.1) is 6.61 Å². The van der Waals surface area contributed by atoms with Crippen LogP contribution in [0.25, 0.3) is 0 Å². The molecule has 0 aromatic heterocycles. The highest BCUT2D eigenvalue weighted by molar-refractivity contribution is 5.19. The average Bonchev–Trinajstić information content (AvgIpc) is 2.39. The van der Waals surface area contributed by atoms with Gasteiger partial charge in [-0.3, -0.25) is 0 Å². The Bertz CT molecular complexity index is 365. The second kappa shape index (κ2) is 5.85. The molecule has 1 saturated carbocycles. The number of rotatable bonds is 4. The highest BCUT2D eigenvalue weighted by Gasteiger charge is 2.35. The Hall–Kier alpha value is -0.860. The van der Waals surface area contributed by atoms with Crippen LogP contribution in [0.5, 0.6) is 0 Å². The van der Waals surface area contributed by atoms with Crippen LogP contribution >= 0.6 is 0 Å². The van der Waals surface area contributed by atoms with E-state index in [2.05, 4.69) is 43.4 Å². The van der Waals surface area contributed by atoms with Gasteiger partial charge in [0.2, 0.25) is 0 Å². The van der Waals surface area contributed by atoms with E-state index in [0.29, 0.717) is 12.0 Å². The molecule has 1 aliphatic carbocycles. The van der Waals surface area contributed by atoms with Crippen LogP contribution in [0.1, 0.15) is 51.1 Å². The third-order valence-corrected chi connectivity index (χ3v) is 4.22. The lowest BCUT2D eigenvalue weighted by atomic mass is 9.76. The van der Waals surface area contributed by atoms with Crippen molar-refractivity contribution in [2.24, 2.45) is 5.92 Å². The molecule has 2 heteroatoms. The van der Waals surface area contributed by atoms with E-state index in [-0.39, 0.29) is 12.1 Å². The van der Waals surface area contributed by atoms with E-state index in [4.69, 9.17) is 0 Å². The van der Waals surface area contributed by atoms with E-state index in [1.54, 1.807) is 0 Å². The Kier molecular flexibility index (Phi) is 4.41. The van der Waals surface area contributed by atoms with Crippen molar-refractivity contribution in [3.8, 4) is 0 Å². The van der Waals surface area contributed by atoms with Gasteiger partial charge in [0.25, 0.3) is 0 Å². The lowest BCUT2D eigenvalue weighted by Crippen LogP contribution is -2.52. The summed E-state index contributed by atoms with van der Waals surface area (Å²) in [5.41, 5.74) is 1.22. The normalized spacial score (nSPS) is 30.1. The molecule has 0 bridgehead atoms. The number of hydrogen-bond acceptors (Lipinski definition) is 2. The van der Waals surface area contributed by atoms with E-state index in [1.807, 2.05) is 6.07 Å². The SMILES string of the molecule is CC1CCCC(CO)(NC(C)c2ccccc2)C1. The molecular weight excluding hydrogens is 222 g/mol. The summed E-state index contributed by atoms with van der Waals surface area (Å²) in [6, 6.07) is 10.8. The Labute approximate surface area is 110 Å². The maximum Gasteiger partial charge on any atom is 0.0613 e. The molecule has 0 heterocycles. The Balaban J connectivity index is 2.06. The lowest BCUT2D eigenvalue weighted by Gasteiger charge is -2.41. The standard InChI is InChI=1S/C16H25NO/c1-13-7-6-10-16(11-13,12-18)17-14(2)15-8-4-3-5-9-15/h3-5,8-9,13-14,17-18H,6-7,10-12H2,1-2H3. The molecule has 2 nitrogen and oxygen atoms in total. The van der Waals surface area contributed by atoms with Crippen LogP contribution in [0.15, 0.2) is 30.3 Å². The van der Waals surface area contributed by atoms with Crippen molar-refractivity contribution in [3.63, 3.8) is 0 Å². The molecule has 1 aromatic carbocycles. The fraction of sp³-hybridized carbons (Fsp3) is 0.625. The van der Waals surface area contributed by atoms with Crippen molar-refractivity contribution in [1.29, 1.82) is 0 Å². The molecule has 0 aliphatic heterocycles. The van der Waals surface area contributed by atoms with Gasteiger partial charge in [-0.1, -0.05) is 50.1 Å². The van der Waals surface area contributed by atoms with E-state index >= 15 is 0 Å². The second-order valence-corrected chi connectivity index (χ2v) is 5.92. The fourth-order valence-corrected chi connectivity index (χ4v) is 3.26. The summed E-state index contributed by atoms with van der Waals surface area (Å²) in [7, 11) is 0. The smallest absolute Gasteiger partial charge is 0.0613 e. The molecule has 2 N–H and O–H groups in total. The highest BCUT2D eigenvalue weighted by atomic mass is 16.3. The third-order valence-electron chi connectivity index (χ3n) is 4.22. The van der Waals surface area contributed by atoms with Gasteiger partial charge in [-0.05, 0) is 31.2 Å². The van der Waals surface area contributed by atoms with Crippen molar-refractivity contribution < 1.29 is 5.11 Å². The zero-order valence-corrected chi connectivity index (χ0v) is 11.5. The molecular formula is C16H25NO. The molecule has 1 aliphatic rings. The van der Waals surface area contributed by atoms with E-state index < -0.39 is 0 Å². The number of benzene rings is 1. The molecule has 2 rings (SSSR count). The van der Waals surface area contributed by atoms with Crippen LogP contribution in [0.3, 0.4) is 0 Å². The minimum absolute atomic E-state index is 0.0765. The van der Waals surface area contributed by atoms with E-state index in [1.165, 1.54) is 18.4 Å². The first-order valence-electron chi connectivity index (χ1n) is 7.09. The van der Waals surface area contributed by atoms with Crippen molar-refractivity contribution in [2.75, 3.05) is 6.61 Å². The summed E-state index contributed by atoms with van der Waals surface area (Å²) in [5.74, 6) is 0.710. The van der Waals surface area contributed by atoms with Gasteiger partial charge in [0.15, 0.2) is 0 Å². The molecule has 0 spiro atoms. The summed E-state index contributed by atoms with van der Waals surface area (Å²) < 4.78 is 0. The van der Waals surface area contributed by atoms with Gasteiger partial charge in [0, 0.05) is 11.6 Å². The van der Waals surface area contributed by atoms with Gasteiger partial charge >= 0.3 is 0 Å². The molecule has 3 atom stereocenters. The monoisotopic (exact) mass is 247 g/mol. The van der Waals surface area contributed by atoms with Crippen LogP contribution in [-0.4, -0.2) is 17.3 Å². The second-order valence-electron chi connectivity index (χ2n) is 5.92. The van der Waals surface area contributed by atoms with E-state index in [0.717, 1.165) is 12.8 Å². The van der Waals surface area contributed by atoms with Crippen molar-refractivity contribution in [2.45, 2.75) is 51.1 Å². The Morgan fingerprint density at radius 1 is 1.39 bits per heavy atom. The molecule has 1 aromatic rings. The third kappa shape index (κ3) is 3.12. The fourth-order valence-electron chi connectivity index (χ4n) is 3.26. The van der Waals surface area contributed by atoms with Gasteiger partial charge < -0.3 is 10.4 Å². The maximum absolute atomic E-state index is 9.79. The van der Waals surface area contributed by atoms with Crippen LogP contribution in [0, 0.1) is 5.92 Å². The number of nitrogens with one attached hydrogen (secondary N) is 1. The maximum atomic E-state index is 9.79. The van der Waals surface area contributed by atoms with Crippen LogP contribution in [0.4, 0.5) is 0 Å². The van der Waals surface area contributed by atoms with Gasteiger partial charge in [-0.2, -0.15) is 0 Å². The lowest BCUT2D eigenvalue weighted by molar-refractivity contribution is 0.0903. The molecule has 0 saturated heterocycles. The van der Waals surface area contributed by atoms with E-state index in [9.17, 15) is 5.11 Å². The Morgan fingerprint density at radius 3 is 2.72 bits per heavy atom. The summed E-state index contributed by atoms with van der Waals surface area (Å²) >= 11 is 0. The summed E-state index contributed by atoms with van der Waals surface area (Å²) in [6.45, 7) is 4.72. The van der Waals surface area contributed by atoms with Crippen molar-refractivity contribution in [3.05, 3.63) is 35.9 Å². The van der Waals surface area contributed by atoms with Crippen molar-refractivity contribution in [1.82, 2.24) is 5.32 Å². The first kappa shape index (κ1) is 13.6. The topological polar surface area (TPSA) is 32.3 Å². The summed E-state index contributed by atoms with van der Waals surface area (Å²) in [6.07, 6.45) is 4.69. The van der Waals surface area contributed by atoms with Gasteiger partial charge in [0.1, 0.15) is 0 Å². The first-order valence-corrected chi connectivity index (χ1v) is 7.09. The number of aliphatic hydroxyl groups excluding tert-OH is 1. The minimum atomic E-state index is -0.0765. The average molecular weight is 247 g/mol. The molecule has 3 unspecified atom stereocenters. The summed E-state index contributed by atoms with van der Waals surface area (Å²) in [4.78, 5) is 0. The minimum Gasteiger partial charge on any atom is -0.394 e. The largest absolute Gasteiger partial charge is 0.394 e. The van der Waals surface area contributed by atoms with Gasteiger partial charge in [-0.25, -0.2) is 0 Å². The highest BCUT2D eigenvalue weighted by Crippen LogP contribution is 2.33. The molecule has 1 fully saturated rings. The van der Waals surface area contributed by atoms with Crippen LogP contribution in [0.2, 0.25) is 0 Å². The van der Waals surface area contributed by atoms with Crippen molar-refractivity contribution >= 4 is 0 Å². The molecule has 0 amide bonds. The molecule has 0 radical (unpaired) electrons. The quantitative estimate of drug-likeness (QED) is 0.856. The summed E-state index contributed by atoms with van der Waals surface area (Å²) in [5, 5.41) is 13.5. The predicted octanol–water partition coefficient (Wildman–Crippen LogP) is 3.28. The Morgan fingerprint density at radius 2 is 2.11 bits per heavy atom.